The summed E-state index contributed by atoms with van der Waals surface area (Å²) in [7, 11) is 0. The number of nitrogens with one attached hydrogen (secondary N) is 1. The van der Waals surface area contributed by atoms with Crippen molar-refractivity contribution in [2.24, 2.45) is 0 Å². The molecule has 0 unspecified atom stereocenters. The van der Waals surface area contributed by atoms with Gasteiger partial charge in [0.1, 0.15) is 0 Å². The third-order valence-corrected chi connectivity index (χ3v) is 9.30. The summed E-state index contributed by atoms with van der Waals surface area (Å²) in [5.41, 5.74) is 3.33. The first-order valence-electron chi connectivity index (χ1n) is 9.49. The first-order valence-corrected chi connectivity index (χ1v) is 12.8. The van der Waals surface area contributed by atoms with Gasteiger partial charge in [-0.1, -0.05) is 31.2 Å². The van der Waals surface area contributed by atoms with Crippen LogP contribution in [0, 0.1) is 0 Å². The molecule has 0 aliphatic heterocycles. The summed E-state index contributed by atoms with van der Waals surface area (Å²) < 4.78 is 5.76. The summed E-state index contributed by atoms with van der Waals surface area (Å²) in [5, 5.41) is 3.71. The molecule has 2 aromatic heterocycles. The van der Waals surface area contributed by atoms with Crippen LogP contribution in [-0.2, 0) is 0 Å². The van der Waals surface area contributed by atoms with Crippen LogP contribution < -0.4 is 5.32 Å². The van der Waals surface area contributed by atoms with E-state index in [1.54, 1.807) is 46.2 Å². The Morgan fingerprint density at radius 2 is 1.38 bits per heavy atom. The van der Waals surface area contributed by atoms with Crippen molar-refractivity contribution in [3.63, 3.8) is 0 Å². The quantitative estimate of drug-likeness (QED) is 0.287. The highest BCUT2D eigenvalue weighted by Crippen LogP contribution is 2.45. The van der Waals surface area contributed by atoms with Crippen molar-refractivity contribution in [2.75, 3.05) is 0 Å². The van der Waals surface area contributed by atoms with Gasteiger partial charge >= 0.3 is 0 Å². The number of benzene rings is 2. The van der Waals surface area contributed by atoms with E-state index in [1.165, 1.54) is 19.3 Å². The van der Waals surface area contributed by atoms with Crippen LogP contribution in [0.3, 0.4) is 0 Å². The van der Waals surface area contributed by atoms with Gasteiger partial charge in [0.2, 0.25) is 0 Å². The number of para-hydroxylation sites is 2. The Morgan fingerprint density at radius 1 is 0.897 bits per heavy atom. The minimum atomic E-state index is 0.0393. The molecule has 4 rings (SSSR count). The second-order valence-electron chi connectivity index (χ2n) is 7.37. The molecule has 0 amide bonds. The monoisotopic (exact) mass is 457 g/mol. The fourth-order valence-corrected chi connectivity index (χ4v) is 7.51. The van der Waals surface area contributed by atoms with Crippen molar-refractivity contribution < 1.29 is 0 Å². The number of thiazole rings is 2. The summed E-state index contributed by atoms with van der Waals surface area (Å²) in [4.78, 5) is 9.65. The number of aromatic nitrogens is 2. The second-order valence-corrected chi connectivity index (χ2v) is 12.2. The predicted molar refractivity (Wildman–Crippen MR) is 131 cm³/mol. The SMILES string of the molecule is CCC(C)(C)NC(C)=C(Sc1nc2ccccc2s1)Sc1nc2ccccc2s1. The van der Waals surface area contributed by atoms with E-state index in [-0.39, 0.29) is 5.54 Å². The molecule has 2 heterocycles. The van der Waals surface area contributed by atoms with Crippen LogP contribution in [0.25, 0.3) is 20.4 Å². The topological polar surface area (TPSA) is 37.8 Å². The van der Waals surface area contributed by atoms with Crippen molar-refractivity contribution >= 4 is 66.6 Å². The summed E-state index contributed by atoms with van der Waals surface area (Å²) in [5.74, 6) is 0. The van der Waals surface area contributed by atoms with Gasteiger partial charge in [-0.15, -0.1) is 22.7 Å². The van der Waals surface area contributed by atoms with Gasteiger partial charge in [-0.3, -0.25) is 0 Å². The Balaban J connectivity index is 1.67. The number of hydrogen-bond donors (Lipinski definition) is 1. The van der Waals surface area contributed by atoms with Crippen molar-refractivity contribution in [1.82, 2.24) is 15.3 Å². The average Bonchev–Trinajstić information content (AvgIpc) is 3.29. The van der Waals surface area contributed by atoms with Gasteiger partial charge in [0, 0.05) is 11.2 Å². The molecular weight excluding hydrogens is 435 g/mol. The lowest BCUT2D eigenvalue weighted by Gasteiger charge is -2.27. The zero-order valence-electron chi connectivity index (χ0n) is 16.9. The van der Waals surface area contributed by atoms with Crippen LogP contribution in [0.5, 0.6) is 0 Å². The highest BCUT2D eigenvalue weighted by Gasteiger charge is 2.19. The molecule has 1 N–H and O–H groups in total. The Labute approximate surface area is 188 Å². The molecule has 7 heteroatoms. The Bertz CT molecular complexity index is 1030. The molecular formula is C22H23N3S4. The lowest BCUT2D eigenvalue weighted by Crippen LogP contribution is -2.37. The molecule has 0 saturated heterocycles. The number of hydrogen-bond acceptors (Lipinski definition) is 7. The van der Waals surface area contributed by atoms with Crippen LogP contribution in [0.15, 0.2) is 67.1 Å². The van der Waals surface area contributed by atoms with E-state index in [4.69, 9.17) is 9.97 Å². The summed E-state index contributed by atoms with van der Waals surface area (Å²) in [6, 6.07) is 16.6. The van der Waals surface area contributed by atoms with Crippen LogP contribution in [0.4, 0.5) is 0 Å². The molecule has 0 atom stereocenters. The first kappa shape index (κ1) is 20.7. The molecule has 29 heavy (non-hydrogen) atoms. The standard InChI is InChI=1S/C22H23N3S4/c1-5-22(3,4)25-14(2)19(28-20-23-15-10-6-8-12-17(15)26-20)29-21-24-16-11-7-9-13-18(16)27-21/h6-13,25H,5H2,1-4H3. The van der Waals surface area contributed by atoms with Crippen LogP contribution in [-0.4, -0.2) is 15.5 Å². The molecule has 0 radical (unpaired) electrons. The molecule has 150 valence electrons. The minimum Gasteiger partial charge on any atom is -0.382 e. The lowest BCUT2D eigenvalue weighted by molar-refractivity contribution is 0.415. The average molecular weight is 458 g/mol. The molecule has 0 fully saturated rings. The molecule has 0 bridgehead atoms. The maximum atomic E-state index is 4.83. The van der Waals surface area contributed by atoms with Gasteiger partial charge in [0.15, 0.2) is 8.68 Å². The fourth-order valence-electron chi connectivity index (χ4n) is 2.77. The largest absolute Gasteiger partial charge is 0.382 e. The maximum absolute atomic E-state index is 4.83. The van der Waals surface area contributed by atoms with E-state index in [2.05, 4.69) is 69.4 Å². The first-order chi connectivity index (χ1) is 13.9. The second kappa shape index (κ2) is 8.68. The van der Waals surface area contributed by atoms with Crippen molar-refractivity contribution in [1.29, 1.82) is 0 Å². The van der Waals surface area contributed by atoms with Gasteiger partial charge in [0.25, 0.3) is 0 Å². The number of rotatable bonds is 7. The predicted octanol–water partition coefficient (Wildman–Crippen LogP) is 7.76. The normalized spacial score (nSPS) is 11.9. The van der Waals surface area contributed by atoms with Crippen molar-refractivity contribution in [3.8, 4) is 0 Å². The number of thioether (sulfide) groups is 2. The summed E-state index contributed by atoms with van der Waals surface area (Å²) >= 11 is 6.95. The molecule has 0 saturated carbocycles. The highest BCUT2D eigenvalue weighted by atomic mass is 32.2. The number of nitrogens with zero attached hydrogens (tertiary/aromatic N) is 2. The van der Waals surface area contributed by atoms with E-state index in [1.807, 2.05) is 12.1 Å². The summed E-state index contributed by atoms with van der Waals surface area (Å²) in [6.45, 7) is 8.84. The Morgan fingerprint density at radius 3 is 1.83 bits per heavy atom. The number of fused-ring (bicyclic) bond motifs is 2. The smallest absolute Gasteiger partial charge is 0.156 e. The van der Waals surface area contributed by atoms with E-state index < -0.39 is 0 Å². The van der Waals surface area contributed by atoms with Crippen molar-refractivity contribution in [2.45, 2.75) is 48.3 Å². The van der Waals surface area contributed by atoms with Gasteiger partial charge in [-0.2, -0.15) is 0 Å². The van der Waals surface area contributed by atoms with E-state index in [0.29, 0.717) is 0 Å². The Hall–Kier alpha value is -1.54. The minimum absolute atomic E-state index is 0.0393. The van der Waals surface area contributed by atoms with Gasteiger partial charge in [0.05, 0.1) is 24.7 Å². The molecule has 0 aliphatic carbocycles. The maximum Gasteiger partial charge on any atom is 0.156 e. The van der Waals surface area contributed by atoms with Gasteiger partial charge < -0.3 is 5.32 Å². The highest BCUT2D eigenvalue weighted by molar-refractivity contribution is 8.23. The third kappa shape index (κ3) is 4.97. The van der Waals surface area contributed by atoms with Crippen LogP contribution in [0.2, 0.25) is 0 Å². The van der Waals surface area contributed by atoms with Gasteiger partial charge in [-0.05, 0) is 75.0 Å². The Kier molecular flexibility index (Phi) is 6.20. The van der Waals surface area contributed by atoms with Gasteiger partial charge in [-0.25, -0.2) is 9.97 Å². The molecule has 0 spiro atoms. The zero-order chi connectivity index (χ0) is 20.4. The molecule has 4 aromatic rings. The van der Waals surface area contributed by atoms with Crippen LogP contribution >= 0.6 is 46.2 Å². The molecule has 3 nitrogen and oxygen atoms in total. The lowest BCUT2D eigenvalue weighted by atomic mass is 10.0. The van der Waals surface area contributed by atoms with E-state index >= 15 is 0 Å². The summed E-state index contributed by atoms with van der Waals surface area (Å²) in [6.07, 6.45) is 1.05. The van der Waals surface area contributed by atoms with Crippen LogP contribution in [0.1, 0.15) is 34.1 Å². The van der Waals surface area contributed by atoms with E-state index in [9.17, 15) is 0 Å². The van der Waals surface area contributed by atoms with E-state index in [0.717, 1.165) is 26.1 Å². The molecule has 2 aromatic carbocycles. The molecule has 0 aliphatic rings. The zero-order valence-corrected chi connectivity index (χ0v) is 20.1. The van der Waals surface area contributed by atoms with Crippen molar-refractivity contribution in [3.05, 3.63) is 58.5 Å². The number of allylic oxidation sites excluding steroid dienone is 1. The third-order valence-electron chi connectivity index (χ3n) is 4.62. The fraction of sp³-hybridized carbons (Fsp3) is 0.273.